The Bertz CT molecular complexity index is 139. The van der Waals surface area contributed by atoms with Gasteiger partial charge >= 0.3 is 0 Å². The van der Waals surface area contributed by atoms with Crippen molar-refractivity contribution >= 4 is 0 Å². The van der Waals surface area contributed by atoms with Crippen LogP contribution in [-0.2, 0) is 0 Å². The number of aliphatic hydroxyl groups is 2. The molecule has 0 aliphatic carbocycles. The first-order chi connectivity index (χ1) is 6.24. The van der Waals surface area contributed by atoms with E-state index in [9.17, 15) is 5.11 Å². The second kappa shape index (κ2) is 5.58. The fourth-order valence-electron chi connectivity index (χ4n) is 2.13. The largest absolute Gasteiger partial charge is 0.396 e. The maximum atomic E-state index is 9.26. The molecule has 0 aromatic heterocycles. The second-order valence-electron chi connectivity index (χ2n) is 4.01. The van der Waals surface area contributed by atoms with Gasteiger partial charge in [0.2, 0.25) is 0 Å². The van der Waals surface area contributed by atoms with Gasteiger partial charge < -0.3 is 10.2 Å². The van der Waals surface area contributed by atoms with Gasteiger partial charge in [0, 0.05) is 19.2 Å². The number of rotatable bonds is 5. The summed E-state index contributed by atoms with van der Waals surface area (Å²) in [6.45, 7) is 4.03. The molecule has 3 nitrogen and oxygen atoms in total. The fraction of sp³-hybridized carbons (Fsp3) is 1.00. The Balaban J connectivity index is 2.26. The third-order valence-electron chi connectivity index (χ3n) is 2.69. The van der Waals surface area contributed by atoms with E-state index in [4.69, 9.17) is 5.11 Å². The minimum Gasteiger partial charge on any atom is -0.396 e. The smallest absolute Gasteiger partial charge is 0.0639 e. The number of hydrogen-bond donors (Lipinski definition) is 2. The van der Waals surface area contributed by atoms with E-state index in [0.717, 1.165) is 25.9 Å². The lowest BCUT2D eigenvalue weighted by Gasteiger charge is -2.25. The van der Waals surface area contributed by atoms with Crippen molar-refractivity contribution in [3.63, 3.8) is 0 Å². The number of likely N-dealkylation sites (tertiary alicyclic amines) is 1. The quantitative estimate of drug-likeness (QED) is 0.662. The first kappa shape index (κ1) is 11.0. The molecular formula is C10H21NO2. The summed E-state index contributed by atoms with van der Waals surface area (Å²) in [7, 11) is 0. The normalized spacial score (nSPS) is 26.5. The zero-order valence-corrected chi connectivity index (χ0v) is 8.45. The highest BCUT2D eigenvalue weighted by Gasteiger charge is 2.24. The summed E-state index contributed by atoms with van der Waals surface area (Å²) in [4.78, 5) is 2.35. The monoisotopic (exact) mass is 187 g/mol. The van der Waals surface area contributed by atoms with Crippen molar-refractivity contribution in [3.05, 3.63) is 0 Å². The first-order valence-electron chi connectivity index (χ1n) is 5.27. The molecule has 0 aromatic carbocycles. The Kier molecular flexibility index (Phi) is 4.70. The zero-order chi connectivity index (χ0) is 9.68. The Hall–Kier alpha value is -0.120. The Morgan fingerprint density at radius 2 is 2.31 bits per heavy atom. The van der Waals surface area contributed by atoms with Crippen LogP contribution in [0.5, 0.6) is 0 Å². The summed E-state index contributed by atoms with van der Waals surface area (Å²) in [5, 5.41) is 18.0. The van der Waals surface area contributed by atoms with E-state index in [1.54, 1.807) is 0 Å². The van der Waals surface area contributed by atoms with Crippen LogP contribution in [0.2, 0.25) is 0 Å². The number of nitrogens with zero attached hydrogens (tertiary/aromatic N) is 1. The lowest BCUT2D eigenvalue weighted by atomic mass is 10.1. The molecule has 0 bridgehead atoms. The van der Waals surface area contributed by atoms with E-state index in [0.29, 0.717) is 12.6 Å². The molecule has 0 saturated carbocycles. The second-order valence-corrected chi connectivity index (χ2v) is 4.01. The van der Waals surface area contributed by atoms with Crippen LogP contribution in [-0.4, -0.2) is 47.0 Å². The molecule has 2 N–H and O–H groups in total. The van der Waals surface area contributed by atoms with Crippen molar-refractivity contribution < 1.29 is 10.2 Å². The maximum absolute atomic E-state index is 9.26. The Morgan fingerprint density at radius 3 is 2.92 bits per heavy atom. The summed E-state index contributed by atoms with van der Waals surface area (Å²) in [5.74, 6) is 0. The lowest BCUT2D eigenvalue weighted by molar-refractivity contribution is 0.114. The van der Waals surface area contributed by atoms with Gasteiger partial charge in [0.25, 0.3) is 0 Å². The van der Waals surface area contributed by atoms with Gasteiger partial charge in [-0.1, -0.05) is 0 Å². The molecule has 3 heteroatoms. The topological polar surface area (TPSA) is 43.7 Å². The molecule has 13 heavy (non-hydrogen) atoms. The van der Waals surface area contributed by atoms with Gasteiger partial charge in [-0.05, 0) is 39.2 Å². The van der Waals surface area contributed by atoms with Crippen molar-refractivity contribution in [2.24, 2.45) is 0 Å². The predicted octanol–water partition coefficient (Wildman–Crippen LogP) is 0.604. The minimum atomic E-state index is -0.227. The molecule has 1 aliphatic rings. The van der Waals surface area contributed by atoms with Crippen LogP contribution in [0.3, 0.4) is 0 Å². The molecule has 1 aliphatic heterocycles. The SMILES string of the molecule is C[C@H](O)CN1CCCC1CCCO. The van der Waals surface area contributed by atoms with Crippen LogP contribution in [0.15, 0.2) is 0 Å². The van der Waals surface area contributed by atoms with Crippen LogP contribution >= 0.6 is 0 Å². The lowest BCUT2D eigenvalue weighted by Crippen LogP contribution is -2.35. The molecule has 78 valence electrons. The van der Waals surface area contributed by atoms with Crippen LogP contribution in [0, 0.1) is 0 Å². The van der Waals surface area contributed by atoms with Crippen LogP contribution in [0.1, 0.15) is 32.6 Å². The minimum absolute atomic E-state index is 0.227. The molecule has 0 amide bonds. The third kappa shape index (κ3) is 3.63. The van der Waals surface area contributed by atoms with Crippen molar-refractivity contribution in [1.29, 1.82) is 0 Å². The number of hydrogen-bond acceptors (Lipinski definition) is 3. The summed E-state index contributed by atoms with van der Waals surface area (Å²) >= 11 is 0. The maximum Gasteiger partial charge on any atom is 0.0639 e. The van der Waals surface area contributed by atoms with Crippen LogP contribution in [0.4, 0.5) is 0 Å². The van der Waals surface area contributed by atoms with Gasteiger partial charge in [0.05, 0.1) is 6.10 Å². The molecule has 0 spiro atoms. The first-order valence-corrected chi connectivity index (χ1v) is 5.27. The summed E-state index contributed by atoms with van der Waals surface area (Å²) < 4.78 is 0. The van der Waals surface area contributed by atoms with E-state index in [2.05, 4.69) is 4.90 Å². The standard InChI is InChI=1S/C10H21NO2/c1-9(13)8-11-6-2-4-10(11)5-3-7-12/h9-10,12-13H,2-8H2,1H3/t9-,10?/m0/s1. The summed E-state index contributed by atoms with van der Waals surface area (Å²) in [6.07, 6.45) is 4.20. The molecule has 1 saturated heterocycles. The average molecular weight is 187 g/mol. The van der Waals surface area contributed by atoms with E-state index in [1.165, 1.54) is 12.8 Å². The van der Waals surface area contributed by atoms with Crippen LogP contribution in [0.25, 0.3) is 0 Å². The highest BCUT2D eigenvalue weighted by Crippen LogP contribution is 2.21. The van der Waals surface area contributed by atoms with Gasteiger partial charge in [0.15, 0.2) is 0 Å². The van der Waals surface area contributed by atoms with Gasteiger partial charge in [-0.3, -0.25) is 4.90 Å². The fourth-order valence-corrected chi connectivity index (χ4v) is 2.13. The van der Waals surface area contributed by atoms with E-state index in [1.807, 2.05) is 6.92 Å². The Morgan fingerprint density at radius 1 is 1.54 bits per heavy atom. The van der Waals surface area contributed by atoms with Gasteiger partial charge in [-0.15, -0.1) is 0 Å². The highest BCUT2D eigenvalue weighted by atomic mass is 16.3. The molecular weight excluding hydrogens is 166 g/mol. The summed E-state index contributed by atoms with van der Waals surface area (Å²) in [5.41, 5.74) is 0. The molecule has 1 unspecified atom stereocenters. The molecule has 1 rings (SSSR count). The molecule has 0 aromatic rings. The summed E-state index contributed by atoms with van der Waals surface area (Å²) in [6, 6.07) is 0.599. The molecule has 1 heterocycles. The van der Waals surface area contributed by atoms with Crippen molar-refractivity contribution in [1.82, 2.24) is 4.90 Å². The molecule has 0 radical (unpaired) electrons. The highest BCUT2D eigenvalue weighted by molar-refractivity contribution is 4.79. The van der Waals surface area contributed by atoms with E-state index in [-0.39, 0.29) is 6.10 Å². The van der Waals surface area contributed by atoms with Crippen molar-refractivity contribution in [3.8, 4) is 0 Å². The average Bonchev–Trinajstić information content (AvgIpc) is 2.48. The van der Waals surface area contributed by atoms with Gasteiger partial charge in [-0.25, -0.2) is 0 Å². The number of aliphatic hydroxyl groups excluding tert-OH is 2. The Labute approximate surface area is 80.4 Å². The zero-order valence-electron chi connectivity index (χ0n) is 8.45. The van der Waals surface area contributed by atoms with E-state index < -0.39 is 0 Å². The number of β-amino-alcohol motifs (C(OH)–C–C–N with tert-alkyl or cyclic N) is 1. The van der Waals surface area contributed by atoms with Crippen molar-refractivity contribution in [2.75, 3.05) is 19.7 Å². The predicted molar refractivity (Wildman–Crippen MR) is 52.6 cm³/mol. The van der Waals surface area contributed by atoms with Gasteiger partial charge in [-0.2, -0.15) is 0 Å². The molecule has 1 fully saturated rings. The van der Waals surface area contributed by atoms with Gasteiger partial charge in [0.1, 0.15) is 0 Å². The van der Waals surface area contributed by atoms with E-state index >= 15 is 0 Å². The molecule has 2 atom stereocenters. The van der Waals surface area contributed by atoms with Crippen LogP contribution < -0.4 is 0 Å². The van der Waals surface area contributed by atoms with Crippen molar-refractivity contribution in [2.45, 2.75) is 44.8 Å². The third-order valence-corrected chi connectivity index (χ3v) is 2.69.